The highest BCUT2D eigenvalue weighted by Crippen LogP contribution is 2.28. The quantitative estimate of drug-likeness (QED) is 0.938. The first-order valence-corrected chi connectivity index (χ1v) is 7.56. The summed E-state index contributed by atoms with van der Waals surface area (Å²) in [5, 5.41) is 10.5. The lowest BCUT2D eigenvalue weighted by molar-refractivity contribution is 0.394. The monoisotopic (exact) mass is 280 g/mol. The first-order valence-electron chi connectivity index (χ1n) is 7.56. The van der Waals surface area contributed by atoms with Crippen LogP contribution in [-0.2, 0) is 0 Å². The lowest BCUT2D eigenvalue weighted by Crippen LogP contribution is -2.37. The first-order chi connectivity index (χ1) is 10.3. The topological polar surface area (TPSA) is 65.9 Å². The van der Waals surface area contributed by atoms with Gasteiger partial charge in [-0.25, -0.2) is 4.98 Å². The van der Waals surface area contributed by atoms with Crippen LogP contribution >= 0.6 is 0 Å². The smallest absolute Gasteiger partial charge is 0.147 e. The maximum absolute atomic E-state index is 9.44. The molecule has 21 heavy (non-hydrogen) atoms. The molecule has 2 aromatic rings. The van der Waals surface area contributed by atoms with Crippen molar-refractivity contribution in [1.29, 1.82) is 5.26 Å². The normalized spacial score (nSPS) is 18.7. The van der Waals surface area contributed by atoms with Crippen molar-refractivity contribution in [2.24, 2.45) is 11.7 Å². The molecule has 1 saturated heterocycles. The molecule has 108 valence electrons. The average molecular weight is 280 g/mol. The van der Waals surface area contributed by atoms with Gasteiger partial charge >= 0.3 is 0 Å². The highest BCUT2D eigenvalue weighted by atomic mass is 15.2. The number of fused-ring (bicyclic) bond motifs is 1. The van der Waals surface area contributed by atoms with E-state index in [4.69, 9.17) is 10.7 Å². The maximum Gasteiger partial charge on any atom is 0.147 e. The van der Waals surface area contributed by atoms with Crippen LogP contribution in [0.15, 0.2) is 30.3 Å². The molecule has 2 heterocycles. The van der Waals surface area contributed by atoms with Crippen molar-refractivity contribution in [3.8, 4) is 6.07 Å². The number of nitriles is 1. The van der Waals surface area contributed by atoms with Gasteiger partial charge in [-0.05, 0) is 43.9 Å². The molecule has 4 nitrogen and oxygen atoms in total. The van der Waals surface area contributed by atoms with Gasteiger partial charge in [-0.3, -0.25) is 0 Å². The molecule has 0 spiro atoms. The zero-order chi connectivity index (χ0) is 14.7. The summed E-state index contributed by atoms with van der Waals surface area (Å²) in [6.07, 6.45) is 3.42. The third-order valence-electron chi connectivity index (χ3n) is 4.22. The van der Waals surface area contributed by atoms with E-state index in [2.05, 4.69) is 11.0 Å². The Balaban J connectivity index is 1.97. The summed E-state index contributed by atoms with van der Waals surface area (Å²) in [6, 6.07) is 12.2. The van der Waals surface area contributed by atoms with Gasteiger partial charge in [0, 0.05) is 18.5 Å². The van der Waals surface area contributed by atoms with E-state index in [-0.39, 0.29) is 0 Å². The minimum atomic E-state index is 0.614. The standard InChI is InChI=1S/C17H20N4/c18-8-7-13-4-3-9-21(12-13)17-15(11-19)10-14-5-1-2-6-16(14)20-17/h1-2,5-6,10,13H,3-4,7-9,12,18H2. The number of nitrogens with two attached hydrogens (primary N) is 1. The van der Waals surface area contributed by atoms with E-state index < -0.39 is 0 Å². The molecule has 1 unspecified atom stereocenters. The SMILES string of the molecule is N#Cc1cc2ccccc2nc1N1CCCC(CCN)C1. The molecule has 1 atom stereocenters. The number of anilines is 1. The molecule has 1 aromatic heterocycles. The third kappa shape index (κ3) is 2.84. The second-order valence-corrected chi connectivity index (χ2v) is 5.70. The van der Waals surface area contributed by atoms with Gasteiger partial charge in [-0.15, -0.1) is 0 Å². The van der Waals surface area contributed by atoms with Crippen molar-refractivity contribution >= 4 is 16.7 Å². The Morgan fingerprint density at radius 1 is 1.38 bits per heavy atom. The van der Waals surface area contributed by atoms with Crippen molar-refractivity contribution in [2.75, 3.05) is 24.5 Å². The number of piperidine rings is 1. The van der Waals surface area contributed by atoms with Crippen LogP contribution in [0.25, 0.3) is 10.9 Å². The van der Waals surface area contributed by atoms with E-state index in [9.17, 15) is 5.26 Å². The second kappa shape index (κ2) is 6.11. The number of nitrogens with zero attached hydrogens (tertiary/aromatic N) is 3. The molecule has 1 aromatic carbocycles. The lowest BCUT2D eigenvalue weighted by Gasteiger charge is -2.34. The first kappa shape index (κ1) is 13.8. The molecule has 1 fully saturated rings. The van der Waals surface area contributed by atoms with Crippen LogP contribution in [0.3, 0.4) is 0 Å². The van der Waals surface area contributed by atoms with E-state index in [0.29, 0.717) is 11.5 Å². The van der Waals surface area contributed by atoms with Gasteiger partial charge in [0.2, 0.25) is 0 Å². The molecule has 0 bridgehead atoms. The van der Waals surface area contributed by atoms with Crippen LogP contribution in [0, 0.1) is 17.2 Å². The van der Waals surface area contributed by atoms with Crippen molar-refractivity contribution in [2.45, 2.75) is 19.3 Å². The summed E-state index contributed by atoms with van der Waals surface area (Å²) in [7, 11) is 0. The fraction of sp³-hybridized carbons (Fsp3) is 0.412. The Labute approximate surface area is 125 Å². The molecule has 0 saturated carbocycles. The Hall–Kier alpha value is -2.12. The minimum absolute atomic E-state index is 0.614. The molecule has 1 aliphatic heterocycles. The molecule has 0 amide bonds. The number of rotatable bonds is 3. The summed E-state index contributed by atoms with van der Waals surface area (Å²) in [5.74, 6) is 1.45. The molecule has 4 heteroatoms. The van der Waals surface area contributed by atoms with Gasteiger partial charge in [0.25, 0.3) is 0 Å². The van der Waals surface area contributed by atoms with Gasteiger partial charge < -0.3 is 10.6 Å². The molecular weight excluding hydrogens is 260 g/mol. The third-order valence-corrected chi connectivity index (χ3v) is 4.22. The summed E-state index contributed by atoms with van der Waals surface area (Å²) < 4.78 is 0. The molecule has 3 rings (SSSR count). The fourth-order valence-electron chi connectivity index (χ4n) is 3.16. The molecule has 0 aliphatic carbocycles. The van der Waals surface area contributed by atoms with Crippen molar-refractivity contribution in [3.05, 3.63) is 35.9 Å². The van der Waals surface area contributed by atoms with Crippen LogP contribution < -0.4 is 10.6 Å². The minimum Gasteiger partial charge on any atom is -0.355 e. The van der Waals surface area contributed by atoms with E-state index in [1.807, 2.05) is 30.3 Å². The number of hydrogen-bond donors (Lipinski definition) is 1. The van der Waals surface area contributed by atoms with Gasteiger partial charge in [0.1, 0.15) is 11.9 Å². The van der Waals surface area contributed by atoms with Crippen molar-refractivity contribution in [1.82, 2.24) is 4.98 Å². The predicted octanol–water partition coefficient (Wildman–Crippen LogP) is 2.67. The van der Waals surface area contributed by atoms with Gasteiger partial charge in [0.15, 0.2) is 0 Å². The van der Waals surface area contributed by atoms with Gasteiger partial charge in [-0.2, -0.15) is 5.26 Å². The number of hydrogen-bond acceptors (Lipinski definition) is 4. The van der Waals surface area contributed by atoms with E-state index in [1.165, 1.54) is 6.42 Å². The van der Waals surface area contributed by atoms with Gasteiger partial charge in [-0.1, -0.05) is 18.2 Å². The van der Waals surface area contributed by atoms with E-state index >= 15 is 0 Å². The van der Waals surface area contributed by atoms with Crippen LogP contribution in [0.4, 0.5) is 5.82 Å². The fourth-order valence-corrected chi connectivity index (χ4v) is 3.16. The number of pyridine rings is 1. The highest BCUT2D eigenvalue weighted by Gasteiger charge is 2.22. The summed E-state index contributed by atoms with van der Waals surface area (Å²) >= 11 is 0. The Bertz CT molecular complexity index is 672. The van der Waals surface area contributed by atoms with Crippen LogP contribution in [-0.4, -0.2) is 24.6 Å². The number of para-hydroxylation sites is 1. The highest BCUT2D eigenvalue weighted by molar-refractivity contribution is 5.83. The average Bonchev–Trinajstić information content (AvgIpc) is 2.54. The van der Waals surface area contributed by atoms with Crippen LogP contribution in [0.5, 0.6) is 0 Å². The van der Waals surface area contributed by atoms with Crippen molar-refractivity contribution in [3.63, 3.8) is 0 Å². The van der Waals surface area contributed by atoms with Crippen LogP contribution in [0.1, 0.15) is 24.8 Å². The number of benzene rings is 1. The van der Waals surface area contributed by atoms with E-state index in [1.54, 1.807) is 0 Å². The molecule has 0 radical (unpaired) electrons. The zero-order valence-electron chi connectivity index (χ0n) is 12.1. The largest absolute Gasteiger partial charge is 0.355 e. The lowest BCUT2D eigenvalue weighted by atomic mass is 9.94. The zero-order valence-corrected chi connectivity index (χ0v) is 12.1. The van der Waals surface area contributed by atoms with E-state index in [0.717, 1.165) is 49.2 Å². The Morgan fingerprint density at radius 3 is 3.05 bits per heavy atom. The molecule has 1 aliphatic rings. The van der Waals surface area contributed by atoms with Gasteiger partial charge in [0.05, 0.1) is 11.1 Å². The maximum atomic E-state index is 9.44. The summed E-state index contributed by atoms with van der Waals surface area (Å²) in [6.45, 7) is 2.66. The Morgan fingerprint density at radius 2 is 2.24 bits per heavy atom. The van der Waals surface area contributed by atoms with Crippen LogP contribution in [0.2, 0.25) is 0 Å². The summed E-state index contributed by atoms with van der Waals surface area (Å²) in [4.78, 5) is 7.00. The molecule has 2 N–H and O–H groups in total. The predicted molar refractivity (Wildman–Crippen MR) is 85.1 cm³/mol. The summed E-state index contributed by atoms with van der Waals surface area (Å²) in [5.41, 5.74) is 7.31. The Kier molecular flexibility index (Phi) is 4.03. The number of aromatic nitrogens is 1. The molecular formula is C17H20N4. The van der Waals surface area contributed by atoms with Crippen molar-refractivity contribution < 1.29 is 0 Å². The second-order valence-electron chi connectivity index (χ2n) is 5.70.